The van der Waals surface area contributed by atoms with Gasteiger partial charge in [0.15, 0.2) is 0 Å². The first-order valence-corrected chi connectivity index (χ1v) is 6.86. The highest BCUT2D eigenvalue weighted by atomic mass is 79.9. The zero-order valence-electron chi connectivity index (χ0n) is 9.46. The summed E-state index contributed by atoms with van der Waals surface area (Å²) in [6.45, 7) is 2.09. The number of methoxy groups -OCH3 is 1. The highest BCUT2D eigenvalue weighted by molar-refractivity contribution is 9.12. The van der Waals surface area contributed by atoms with E-state index >= 15 is 0 Å². The van der Waals surface area contributed by atoms with E-state index in [1.807, 2.05) is 0 Å². The Morgan fingerprint density at radius 1 is 1.38 bits per heavy atom. The lowest BCUT2D eigenvalue weighted by atomic mass is 10.1. The van der Waals surface area contributed by atoms with Gasteiger partial charge in [0, 0.05) is 6.42 Å². The topological polar surface area (TPSA) is 43.4 Å². The van der Waals surface area contributed by atoms with Crippen LogP contribution in [0, 0.1) is 0 Å². The fourth-order valence-corrected chi connectivity index (χ4v) is 2.35. The predicted molar refractivity (Wildman–Crippen MR) is 70.9 cm³/mol. The van der Waals surface area contributed by atoms with E-state index in [-0.39, 0.29) is 10.3 Å². The van der Waals surface area contributed by atoms with E-state index in [1.54, 1.807) is 0 Å². The van der Waals surface area contributed by atoms with Crippen molar-refractivity contribution in [3.63, 3.8) is 0 Å². The normalized spacial score (nSPS) is 13.4. The van der Waals surface area contributed by atoms with E-state index in [4.69, 9.17) is 0 Å². The molecule has 0 amide bonds. The molecule has 0 saturated carbocycles. The Morgan fingerprint density at radius 3 is 2.50 bits per heavy atom. The van der Waals surface area contributed by atoms with Gasteiger partial charge in [0.1, 0.15) is 10.3 Å². The molecular weight excluding hydrogens is 340 g/mol. The Kier molecular flexibility index (Phi) is 8.84. The van der Waals surface area contributed by atoms with Crippen molar-refractivity contribution in [2.75, 3.05) is 7.11 Å². The van der Waals surface area contributed by atoms with Crippen molar-refractivity contribution < 1.29 is 14.3 Å². The molecule has 0 saturated heterocycles. The van der Waals surface area contributed by atoms with E-state index in [1.165, 1.54) is 13.2 Å². The first kappa shape index (κ1) is 15.8. The van der Waals surface area contributed by atoms with Gasteiger partial charge in [0.2, 0.25) is 0 Å². The summed E-state index contributed by atoms with van der Waals surface area (Å²) in [5.41, 5.74) is 0. The number of carbonyl (C=O) groups excluding carboxylic acids is 2. The van der Waals surface area contributed by atoms with E-state index in [0.717, 1.165) is 19.3 Å². The van der Waals surface area contributed by atoms with Crippen LogP contribution < -0.4 is 0 Å². The molecule has 0 rings (SSSR count). The van der Waals surface area contributed by atoms with Crippen molar-refractivity contribution in [2.24, 2.45) is 0 Å². The van der Waals surface area contributed by atoms with Gasteiger partial charge in [-0.3, -0.25) is 4.79 Å². The minimum Gasteiger partial charge on any atom is -0.465 e. The number of hydrogen-bond acceptors (Lipinski definition) is 3. The molecule has 92 valence electrons. The quantitative estimate of drug-likeness (QED) is 0.304. The third kappa shape index (κ3) is 6.43. The maximum atomic E-state index is 11.6. The Balaban J connectivity index is 4.18. The highest BCUT2D eigenvalue weighted by Crippen LogP contribution is 2.15. The molecule has 0 spiro atoms. The van der Waals surface area contributed by atoms with Crippen molar-refractivity contribution in [1.29, 1.82) is 0 Å². The van der Waals surface area contributed by atoms with Crippen molar-refractivity contribution in [3.8, 4) is 0 Å². The van der Waals surface area contributed by atoms with Gasteiger partial charge < -0.3 is 4.74 Å². The lowest BCUT2D eigenvalue weighted by Gasteiger charge is -2.04. The number of halogens is 2. The summed E-state index contributed by atoms with van der Waals surface area (Å²) in [7, 11) is 1.30. The number of hydrogen-bond donors (Lipinski definition) is 0. The fraction of sp³-hybridized carbons (Fsp3) is 0.636. The van der Waals surface area contributed by atoms with Crippen LogP contribution in [0.1, 0.15) is 32.6 Å². The number of ketones is 1. The SMILES string of the molecule is CCCCCC(=O)C(Br)C=C(Br)C(=O)OC. The number of Topliss-reactive ketones (excluding diaryl/α,β-unsaturated/α-hetero) is 1. The van der Waals surface area contributed by atoms with Crippen LogP contribution in [-0.4, -0.2) is 23.7 Å². The van der Waals surface area contributed by atoms with Crippen LogP contribution in [-0.2, 0) is 14.3 Å². The fourth-order valence-electron chi connectivity index (χ4n) is 1.07. The Labute approximate surface area is 113 Å². The Hall–Kier alpha value is -0.160. The minimum absolute atomic E-state index is 0.0781. The molecule has 0 heterocycles. The second-order valence-corrected chi connectivity index (χ2v) is 5.17. The summed E-state index contributed by atoms with van der Waals surface area (Å²) in [6, 6.07) is 0. The van der Waals surface area contributed by atoms with Gasteiger partial charge in [0.05, 0.1) is 11.9 Å². The number of esters is 1. The molecule has 0 aromatic carbocycles. The van der Waals surface area contributed by atoms with Crippen LogP contribution in [0.4, 0.5) is 0 Å². The Bertz CT molecular complexity index is 274. The van der Waals surface area contributed by atoms with Crippen LogP contribution in [0.3, 0.4) is 0 Å². The van der Waals surface area contributed by atoms with Gasteiger partial charge in [-0.2, -0.15) is 0 Å². The molecule has 5 heteroatoms. The molecule has 0 aromatic heterocycles. The summed E-state index contributed by atoms with van der Waals surface area (Å²) in [5.74, 6) is -0.403. The number of unbranched alkanes of at least 4 members (excludes halogenated alkanes) is 2. The van der Waals surface area contributed by atoms with Gasteiger partial charge in [-0.15, -0.1) is 0 Å². The average molecular weight is 356 g/mol. The molecule has 16 heavy (non-hydrogen) atoms. The molecule has 0 bridgehead atoms. The first-order valence-electron chi connectivity index (χ1n) is 5.15. The average Bonchev–Trinajstić information content (AvgIpc) is 2.27. The van der Waals surface area contributed by atoms with Crippen LogP contribution in [0.25, 0.3) is 0 Å². The number of alkyl halides is 1. The number of allylic oxidation sites excluding steroid dienone is 1. The second-order valence-electron chi connectivity index (χ2n) is 3.33. The number of ether oxygens (including phenoxy) is 1. The summed E-state index contributed by atoms with van der Waals surface area (Å²) in [4.78, 5) is 22.2. The standard InChI is InChI=1S/C11H16Br2O3/c1-3-4-5-6-10(14)8(12)7-9(13)11(15)16-2/h7-8H,3-6H2,1-2H3. The monoisotopic (exact) mass is 354 g/mol. The molecule has 0 aromatic rings. The molecule has 0 aliphatic rings. The van der Waals surface area contributed by atoms with Gasteiger partial charge in [0.25, 0.3) is 0 Å². The van der Waals surface area contributed by atoms with Crippen LogP contribution in [0.2, 0.25) is 0 Å². The summed E-state index contributed by atoms with van der Waals surface area (Å²) < 4.78 is 4.77. The van der Waals surface area contributed by atoms with Crippen LogP contribution >= 0.6 is 31.9 Å². The molecule has 1 atom stereocenters. The van der Waals surface area contributed by atoms with Gasteiger partial charge in [-0.25, -0.2) is 4.79 Å². The van der Waals surface area contributed by atoms with Gasteiger partial charge in [-0.1, -0.05) is 35.7 Å². The first-order chi connectivity index (χ1) is 7.52. The molecule has 0 radical (unpaired) electrons. The maximum Gasteiger partial charge on any atom is 0.344 e. The number of rotatable bonds is 7. The largest absolute Gasteiger partial charge is 0.465 e. The van der Waals surface area contributed by atoms with Crippen LogP contribution in [0.15, 0.2) is 10.6 Å². The van der Waals surface area contributed by atoms with E-state index < -0.39 is 10.8 Å². The zero-order valence-corrected chi connectivity index (χ0v) is 12.6. The third-order valence-electron chi connectivity index (χ3n) is 2.01. The van der Waals surface area contributed by atoms with Crippen molar-refractivity contribution >= 4 is 43.6 Å². The van der Waals surface area contributed by atoms with E-state index in [2.05, 4.69) is 43.5 Å². The molecule has 1 unspecified atom stereocenters. The van der Waals surface area contributed by atoms with Gasteiger partial charge >= 0.3 is 5.97 Å². The van der Waals surface area contributed by atoms with Gasteiger partial charge in [-0.05, 0) is 28.4 Å². The highest BCUT2D eigenvalue weighted by Gasteiger charge is 2.15. The Morgan fingerprint density at radius 2 is 2.00 bits per heavy atom. The second kappa shape index (κ2) is 8.93. The number of carbonyl (C=O) groups is 2. The van der Waals surface area contributed by atoms with Crippen molar-refractivity contribution in [3.05, 3.63) is 10.6 Å². The molecule has 0 aliphatic heterocycles. The molecule has 0 fully saturated rings. The lowest BCUT2D eigenvalue weighted by molar-refractivity contribution is -0.135. The van der Waals surface area contributed by atoms with Crippen molar-refractivity contribution in [2.45, 2.75) is 37.4 Å². The third-order valence-corrected chi connectivity index (χ3v) is 3.37. The van der Waals surface area contributed by atoms with Crippen LogP contribution in [0.5, 0.6) is 0 Å². The predicted octanol–water partition coefficient (Wildman–Crippen LogP) is 3.35. The smallest absolute Gasteiger partial charge is 0.344 e. The van der Waals surface area contributed by atoms with Crippen molar-refractivity contribution in [1.82, 2.24) is 0 Å². The molecule has 3 nitrogen and oxygen atoms in total. The zero-order chi connectivity index (χ0) is 12.6. The summed E-state index contributed by atoms with van der Waals surface area (Å²) in [5, 5.41) is 0. The minimum atomic E-state index is -0.481. The molecule has 0 N–H and O–H groups in total. The maximum absolute atomic E-state index is 11.6. The lowest BCUT2D eigenvalue weighted by Crippen LogP contribution is -2.12. The van der Waals surface area contributed by atoms with E-state index in [0.29, 0.717) is 6.42 Å². The molecule has 0 aliphatic carbocycles. The van der Waals surface area contributed by atoms with E-state index in [9.17, 15) is 9.59 Å². The summed E-state index contributed by atoms with van der Waals surface area (Å²) >= 11 is 6.29. The molecular formula is C11H16Br2O3. The summed E-state index contributed by atoms with van der Waals surface area (Å²) in [6.07, 6.45) is 5.07.